The van der Waals surface area contributed by atoms with Crippen molar-refractivity contribution in [3.63, 3.8) is 0 Å². The Morgan fingerprint density at radius 3 is 2.89 bits per heavy atom. The molecule has 0 aliphatic carbocycles. The molecule has 0 bridgehead atoms. The number of thioether (sulfide) groups is 1. The Morgan fingerprint density at radius 1 is 1.33 bits per heavy atom. The van der Waals surface area contributed by atoms with Gasteiger partial charge in [0.05, 0.1) is 26.4 Å². The average Bonchev–Trinajstić information content (AvgIpc) is 2.82. The Balaban J connectivity index is 2.30. The van der Waals surface area contributed by atoms with Crippen molar-refractivity contribution in [1.82, 2.24) is 10.3 Å². The number of hydrogen-bond acceptors (Lipinski definition) is 8. The molecule has 0 amide bonds. The van der Waals surface area contributed by atoms with Crippen LogP contribution in [-0.4, -0.2) is 55.6 Å². The van der Waals surface area contributed by atoms with E-state index in [-0.39, 0.29) is 12.3 Å². The minimum atomic E-state index is -0.526. The standard InChI is InChI=1S/C10H16N2O5S/c1-3-16-10(13)8-9(12-17-11-8)18-7-6-15-5-4-14-2/h3-7H2,1-2H3. The molecule has 0 saturated heterocycles. The van der Waals surface area contributed by atoms with Crippen molar-refractivity contribution in [2.75, 3.05) is 39.3 Å². The van der Waals surface area contributed by atoms with Crippen LogP contribution in [0.3, 0.4) is 0 Å². The Labute approximate surface area is 109 Å². The molecule has 0 aliphatic heterocycles. The van der Waals surface area contributed by atoms with Crippen molar-refractivity contribution in [2.45, 2.75) is 11.9 Å². The third-order valence-electron chi connectivity index (χ3n) is 1.83. The van der Waals surface area contributed by atoms with E-state index in [1.807, 2.05) is 0 Å². The van der Waals surface area contributed by atoms with Gasteiger partial charge in [0.2, 0.25) is 5.69 Å². The zero-order valence-corrected chi connectivity index (χ0v) is 11.2. The van der Waals surface area contributed by atoms with Gasteiger partial charge in [0.15, 0.2) is 5.03 Å². The molecule has 1 aromatic heterocycles. The van der Waals surface area contributed by atoms with E-state index in [2.05, 4.69) is 14.9 Å². The van der Waals surface area contributed by atoms with Gasteiger partial charge in [0.25, 0.3) is 0 Å². The number of aromatic nitrogens is 2. The lowest BCUT2D eigenvalue weighted by molar-refractivity contribution is 0.0510. The van der Waals surface area contributed by atoms with Gasteiger partial charge in [-0.1, -0.05) is 11.8 Å². The summed E-state index contributed by atoms with van der Waals surface area (Å²) in [5.74, 6) is 0.117. The summed E-state index contributed by atoms with van der Waals surface area (Å²) >= 11 is 1.33. The van der Waals surface area contributed by atoms with E-state index < -0.39 is 5.97 Å². The topological polar surface area (TPSA) is 83.7 Å². The smallest absolute Gasteiger partial charge is 0.363 e. The molecular weight excluding hydrogens is 260 g/mol. The summed E-state index contributed by atoms with van der Waals surface area (Å²) in [6.45, 7) is 3.64. The predicted molar refractivity (Wildman–Crippen MR) is 63.7 cm³/mol. The molecule has 1 aromatic rings. The molecular formula is C10H16N2O5S. The summed E-state index contributed by atoms with van der Waals surface area (Å²) in [4.78, 5) is 11.5. The van der Waals surface area contributed by atoms with Crippen LogP contribution >= 0.6 is 11.8 Å². The maximum atomic E-state index is 11.5. The van der Waals surface area contributed by atoms with Gasteiger partial charge in [0, 0.05) is 12.9 Å². The Hall–Kier alpha value is -1.12. The SMILES string of the molecule is CCOC(=O)c1nonc1SCCOCCOC. The van der Waals surface area contributed by atoms with Gasteiger partial charge in [-0.3, -0.25) is 0 Å². The van der Waals surface area contributed by atoms with E-state index in [0.29, 0.717) is 30.6 Å². The zero-order chi connectivity index (χ0) is 13.2. The van der Waals surface area contributed by atoms with Gasteiger partial charge in [-0.15, -0.1) is 0 Å². The monoisotopic (exact) mass is 276 g/mol. The number of carbonyl (C=O) groups excluding carboxylic acids is 1. The molecule has 0 atom stereocenters. The number of methoxy groups -OCH3 is 1. The highest BCUT2D eigenvalue weighted by Gasteiger charge is 2.19. The fraction of sp³-hybridized carbons (Fsp3) is 0.700. The summed E-state index contributed by atoms with van der Waals surface area (Å²) in [5.41, 5.74) is 0.110. The number of nitrogens with zero attached hydrogens (tertiary/aromatic N) is 2. The van der Waals surface area contributed by atoms with E-state index in [4.69, 9.17) is 14.2 Å². The van der Waals surface area contributed by atoms with Crippen LogP contribution in [0, 0.1) is 0 Å². The third kappa shape index (κ3) is 5.03. The lowest BCUT2D eigenvalue weighted by Gasteiger charge is -2.02. The first-order chi connectivity index (χ1) is 8.79. The highest BCUT2D eigenvalue weighted by molar-refractivity contribution is 7.99. The molecule has 1 rings (SSSR count). The Bertz CT molecular complexity index is 358. The number of carbonyl (C=O) groups is 1. The second-order valence-electron chi connectivity index (χ2n) is 3.09. The lowest BCUT2D eigenvalue weighted by Crippen LogP contribution is -2.07. The van der Waals surface area contributed by atoms with Crippen LogP contribution in [0.1, 0.15) is 17.4 Å². The largest absolute Gasteiger partial charge is 0.461 e. The first-order valence-corrected chi connectivity index (χ1v) is 6.47. The van der Waals surface area contributed by atoms with Crippen molar-refractivity contribution in [1.29, 1.82) is 0 Å². The fourth-order valence-corrected chi connectivity index (χ4v) is 1.78. The van der Waals surface area contributed by atoms with Gasteiger partial charge >= 0.3 is 5.97 Å². The minimum absolute atomic E-state index is 0.110. The summed E-state index contributed by atoms with van der Waals surface area (Å²) in [5, 5.41) is 7.59. The lowest BCUT2D eigenvalue weighted by atomic mass is 10.5. The normalized spacial score (nSPS) is 10.6. The van der Waals surface area contributed by atoms with Crippen LogP contribution in [0.4, 0.5) is 0 Å². The van der Waals surface area contributed by atoms with E-state index >= 15 is 0 Å². The second kappa shape index (κ2) is 8.90. The molecule has 1 heterocycles. The minimum Gasteiger partial charge on any atom is -0.461 e. The predicted octanol–water partition coefficient (Wildman–Crippen LogP) is 1.00. The summed E-state index contributed by atoms with van der Waals surface area (Å²) in [7, 11) is 1.62. The van der Waals surface area contributed by atoms with Gasteiger partial charge in [-0.2, -0.15) is 0 Å². The zero-order valence-electron chi connectivity index (χ0n) is 10.4. The van der Waals surface area contributed by atoms with Crippen molar-refractivity contribution >= 4 is 17.7 Å². The highest BCUT2D eigenvalue weighted by atomic mass is 32.2. The summed E-state index contributed by atoms with van der Waals surface area (Å²) in [6, 6.07) is 0. The van der Waals surface area contributed by atoms with Crippen LogP contribution in [0.5, 0.6) is 0 Å². The molecule has 7 nitrogen and oxygen atoms in total. The first-order valence-electron chi connectivity index (χ1n) is 5.48. The molecule has 0 aromatic carbocycles. The molecule has 0 saturated carbocycles. The van der Waals surface area contributed by atoms with Crippen molar-refractivity contribution in [3.8, 4) is 0 Å². The summed E-state index contributed by atoms with van der Waals surface area (Å²) < 4.78 is 19.5. The Morgan fingerprint density at radius 2 is 2.17 bits per heavy atom. The van der Waals surface area contributed by atoms with Crippen LogP contribution in [0.2, 0.25) is 0 Å². The van der Waals surface area contributed by atoms with Crippen molar-refractivity contribution in [3.05, 3.63) is 5.69 Å². The van der Waals surface area contributed by atoms with Gasteiger partial charge in [-0.25, -0.2) is 9.42 Å². The van der Waals surface area contributed by atoms with Crippen LogP contribution in [-0.2, 0) is 14.2 Å². The van der Waals surface area contributed by atoms with E-state index in [0.717, 1.165) is 0 Å². The maximum absolute atomic E-state index is 11.5. The van der Waals surface area contributed by atoms with Gasteiger partial charge in [0.1, 0.15) is 0 Å². The first kappa shape index (κ1) is 14.9. The molecule has 8 heteroatoms. The molecule has 0 aliphatic rings. The molecule has 18 heavy (non-hydrogen) atoms. The fourth-order valence-electron chi connectivity index (χ4n) is 1.04. The number of ether oxygens (including phenoxy) is 3. The molecule has 0 unspecified atom stereocenters. The highest BCUT2D eigenvalue weighted by Crippen LogP contribution is 2.19. The van der Waals surface area contributed by atoms with E-state index in [9.17, 15) is 4.79 Å². The quantitative estimate of drug-likeness (QED) is 0.375. The van der Waals surface area contributed by atoms with E-state index in [1.54, 1.807) is 14.0 Å². The third-order valence-corrected chi connectivity index (χ3v) is 2.74. The molecule has 0 radical (unpaired) electrons. The maximum Gasteiger partial charge on any atom is 0.363 e. The Kier molecular flexibility index (Phi) is 7.38. The number of hydrogen-bond donors (Lipinski definition) is 0. The average molecular weight is 276 g/mol. The van der Waals surface area contributed by atoms with E-state index in [1.165, 1.54) is 11.8 Å². The van der Waals surface area contributed by atoms with Gasteiger partial charge in [-0.05, 0) is 17.2 Å². The second-order valence-corrected chi connectivity index (χ2v) is 4.18. The molecule has 0 spiro atoms. The molecule has 0 fully saturated rings. The van der Waals surface area contributed by atoms with Crippen LogP contribution in [0.25, 0.3) is 0 Å². The molecule has 0 N–H and O–H groups in total. The number of esters is 1. The van der Waals surface area contributed by atoms with Crippen molar-refractivity contribution < 1.29 is 23.6 Å². The van der Waals surface area contributed by atoms with Crippen LogP contribution < -0.4 is 0 Å². The van der Waals surface area contributed by atoms with Crippen LogP contribution in [0.15, 0.2) is 9.65 Å². The number of rotatable bonds is 9. The van der Waals surface area contributed by atoms with Crippen molar-refractivity contribution in [2.24, 2.45) is 0 Å². The van der Waals surface area contributed by atoms with Gasteiger partial charge < -0.3 is 14.2 Å². The summed E-state index contributed by atoms with van der Waals surface area (Å²) in [6.07, 6.45) is 0. The molecule has 102 valence electrons.